The molecule has 0 spiro atoms. The van der Waals surface area contributed by atoms with Gasteiger partial charge in [-0.3, -0.25) is 4.79 Å². The molecular formula is C16H25NO3. The van der Waals surface area contributed by atoms with Gasteiger partial charge in [0, 0.05) is 5.41 Å². The number of carbonyl (C=O) groups excluding carboxylic acids is 1. The lowest BCUT2D eigenvalue weighted by Gasteiger charge is -2.55. The third kappa shape index (κ3) is 2.33. The molecule has 0 aromatic carbocycles. The van der Waals surface area contributed by atoms with Crippen LogP contribution in [0, 0.1) is 23.2 Å². The average Bonchev–Trinajstić information content (AvgIpc) is 2.36. The van der Waals surface area contributed by atoms with Crippen LogP contribution >= 0.6 is 0 Å². The van der Waals surface area contributed by atoms with Gasteiger partial charge in [0.15, 0.2) is 0 Å². The monoisotopic (exact) mass is 279 g/mol. The number of carbonyl (C=O) groups is 2. The molecule has 4 fully saturated rings. The topological polar surface area (TPSA) is 66.4 Å². The van der Waals surface area contributed by atoms with Crippen molar-refractivity contribution >= 4 is 11.9 Å². The zero-order valence-corrected chi connectivity index (χ0v) is 12.2. The molecule has 0 heterocycles. The predicted octanol–water partition coefficient (Wildman–Crippen LogP) is 2.57. The van der Waals surface area contributed by atoms with Gasteiger partial charge in [0.1, 0.15) is 6.04 Å². The number of rotatable bonds is 5. The largest absolute Gasteiger partial charge is 0.480 e. The normalized spacial score (nSPS) is 39.5. The zero-order chi connectivity index (χ0) is 14.3. The summed E-state index contributed by atoms with van der Waals surface area (Å²) >= 11 is 0. The average molecular weight is 279 g/mol. The SMILES string of the molecule is CCCC(NC(=O)C12CC3CC(CC(C3)C1)C2)C(=O)O. The first-order chi connectivity index (χ1) is 9.52. The number of carboxylic acid groups (broad SMARTS) is 1. The number of amides is 1. The summed E-state index contributed by atoms with van der Waals surface area (Å²) in [5.41, 5.74) is -0.240. The quantitative estimate of drug-likeness (QED) is 0.813. The summed E-state index contributed by atoms with van der Waals surface area (Å²) in [4.78, 5) is 23.9. The molecule has 4 bridgehead atoms. The molecule has 4 aliphatic rings. The number of aliphatic carboxylic acids is 1. The molecule has 20 heavy (non-hydrogen) atoms. The highest BCUT2D eigenvalue weighted by atomic mass is 16.4. The van der Waals surface area contributed by atoms with Gasteiger partial charge in [-0.05, 0) is 62.7 Å². The van der Waals surface area contributed by atoms with Crippen LogP contribution in [-0.2, 0) is 9.59 Å². The molecule has 4 nitrogen and oxygen atoms in total. The third-order valence-corrected chi connectivity index (χ3v) is 5.70. The minimum atomic E-state index is -0.898. The van der Waals surface area contributed by atoms with Gasteiger partial charge < -0.3 is 10.4 Å². The van der Waals surface area contributed by atoms with Crippen LogP contribution in [0.3, 0.4) is 0 Å². The summed E-state index contributed by atoms with van der Waals surface area (Å²) in [6.07, 6.45) is 8.15. The number of carboxylic acids is 1. The Morgan fingerprint density at radius 1 is 1.15 bits per heavy atom. The van der Waals surface area contributed by atoms with Gasteiger partial charge in [-0.2, -0.15) is 0 Å². The first-order valence-electron chi connectivity index (χ1n) is 8.06. The highest BCUT2D eigenvalue weighted by molar-refractivity contribution is 5.87. The third-order valence-electron chi connectivity index (χ3n) is 5.70. The summed E-state index contributed by atoms with van der Waals surface area (Å²) in [5.74, 6) is 1.26. The minimum absolute atomic E-state index is 0.0254. The lowest BCUT2D eigenvalue weighted by atomic mass is 9.49. The van der Waals surface area contributed by atoms with Gasteiger partial charge in [-0.25, -0.2) is 4.79 Å². The van der Waals surface area contributed by atoms with Gasteiger partial charge in [-0.15, -0.1) is 0 Å². The van der Waals surface area contributed by atoms with Crippen molar-refractivity contribution in [3.05, 3.63) is 0 Å². The van der Waals surface area contributed by atoms with Crippen LogP contribution < -0.4 is 5.32 Å². The number of hydrogen-bond acceptors (Lipinski definition) is 2. The fraction of sp³-hybridized carbons (Fsp3) is 0.875. The van der Waals surface area contributed by atoms with Crippen LogP contribution in [0.15, 0.2) is 0 Å². The Morgan fingerprint density at radius 3 is 2.05 bits per heavy atom. The Hall–Kier alpha value is -1.06. The van der Waals surface area contributed by atoms with Crippen LogP contribution in [0.2, 0.25) is 0 Å². The van der Waals surface area contributed by atoms with E-state index in [4.69, 9.17) is 0 Å². The zero-order valence-electron chi connectivity index (χ0n) is 12.2. The minimum Gasteiger partial charge on any atom is -0.480 e. The van der Waals surface area contributed by atoms with Crippen molar-refractivity contribution in [1.82, 2.24) is 5.32 Å². The van der Waals surface area contributed by atoms with Gasteiger partial charge in [0.25, 0.3) is 0 Å². The summed E-state index contributed by atoms with van der Waals surface area (Å²) < 4.78 is 0. The van der Waals surface area contributed by atoms with E-state index < -0.39 is 12.0 Å². The molecule has 0 aromatic rings. The highest BCUT2D eigenvalue weighted by Crippen LogP contribution is 2.60. The summed E-state index contributed by atoms with van der Waals surface area (Å²) in [6.45, 7) is 1.95. The fourth-order valence-corrected chi connectivity index (χ4v) is 5.25. The van der Waals surface area contributed by atoms with Crippen molar-refractivity contribution in [3.8, 4) is 0 Å². The maximum absolute atomic E-state index is 12.7. The predicted molar refractivity (Wildman–Crippen MR) is 75.1 cm³/mol. The maximum Gasteiger partial charge on any atom is 0.326 e. The molecule has 4 aliphatic carbocycles. The van der Waals surface area contributed by atoms with Crippen LogP contribution in [0.25, 0.3) is 0 Å². The van der Waals surface area contributed by atoms with E-state index in [-0.39, 0.29) is 11.3 Å². The molecule has 1 unspecified atom stereocenters. The van der Waals surface area contributed by atoms with Crippen molar-refractivity contribution in [2.45, 2.75) is 64.3 Å². The summed E-state index contributed by atoms with van der Waals surface area (Å²) in [7, 11) is 0. The standard InChI is InChI=1S/C16H25NO3/c1-2-3-13(14(18)19)17-15(20)16-7-10-4-11(8-16)6-12(5-10)9-16/h10-13H,2-9H2,1H3,(H,17,20)(H,18,19). The summed E-state index contributed by atoms with van der Waals surface area (Å²) in [6, 6.07) is -0.708. The molecule has 0 aromatic heterocycles. The van der Waals surface area contributed by atoms with E-state index in [1.807, 2.05) is 6.92 Å². The van der Waals surface area contributed by atoms with E-state index in [0.29, 0.717) is 24.2 Å². The lowest BCUT2D eigenvalue weighted by molar-refractivity contribution is -0.151. The van der Waals surface area contributed by atoms with E-state index in [1.54, 1.807) is 0 Å². The van der Waals surface area contributed by atoms with Crippen LogP contribution in [-0.4, -0.2) is 23.0 Å². The van der Waals surface area contributed by atoms with Crippen LogP contribution in [0.5, 0.6) is 0 Å². The number of hydrogen-bond donors (Lipinski definition) is 2. The van der Waals surface area contributed by atoms with E-state index in [2.05, 4.69) is 5.32 Å². The fourth-order valence-electron chi connectivity index (χ4n) is 5.25. The second kappa shape index (κ2) is 5.05. The molecule has 1 amide bonds. The molecule has 4 heteroatoms. The molecule has 4 rings (SSSR count). The Bertz CT molecular complexity index is 383. The first-order valence-corrected chi connectivity index (χ1v) is 8.06. The molecule has 1 atom stereocenters. The Morgan fingerprint density at radius 2 is 1.65 bits per heavy atom. The smallest absolute Gasteiger partial charge is 0.326 e. The van der Waals surface area contributed by atoms with E-state index >= 15 is 0 Å². The van der Waals surface area contributed by atoms with Crippen molar-refractivity contribution < 1.29 is 14.7 Å². The van der Waals surface area contributed by atoms with Crippen molar-refractivity contribution in [2.75, 3.05) is 0 Å². The molecule has 0 aliphatic heterocycles. The molecule has 0 saturated heterocycles. The Balaban J connectivity index is 1.71. The van der Waals surface area contributed by atoms with Crippen LogP contribution in [0.1, 0.15) is 58.3 Å². The lowest BCUT2D eigenvalue weighted by Crippen LogP contribution is -2.56. The molecule has 112 valence electrons. The molecule has 2 N–H and O–H groups in total. The first kappa shape index (κ1) is 13.9. The van der Waals surface area contributed by atoms with Gasteiger partial charge in [0.05, 0.1) is 0 Å². The van der Waals surface area contributed by atoms with Crippen molar-refractivity contribution in [2.24, 2.45) is 23.2 Å². The van der Waals surface area contributed by atoms with E-state index in [9.17, 15) is 14.7 Å². The second-order valence-corrected chi connectivity index (χ2v) is 7.35. The molecule has 0 radical (unpaired) electrons. The molecular weight excluding hydrogens is 254 g/mol. The number of nitrogens with one attached hydrogen (secondary N) is 1. The summed E-state index contributed by atoms with van der Waals surface area (Å²) in [5, 5.41) is 12.1. The second-order valence-electron chi connectivity index (χ2n) is 7.35. The maximum atomic E-state index is 12.7. The highest BCUT2D eigenvalue weighted by Gasteiger charge is 2.54. The van der Waals surface area contributed by atoms with E-state index in [0.717, 1.165) is 25.7 Å². The van der Waals surface area contributed by atoms with Gasteiger partial charge >= 0.3 is 5.97 Å². The van der Waals surface area contributed by atoms with Crippen molar-refractivity contribution in [1.29, 1.82) is 0 Å². The van der Waals surface area contributed by atoms with Crippen molar-refractivity contribution in [3.63, 3.8) is 0 Å². The Kier molecular flexibility index (Phi) is 3.51. The van der Waals surface area contributed by atoms with Gasteiger partial charge in [-0.1, -0.05) is 13.3 Å². The van der Waals surface area contributed by atoms with Gasteiger partial charge in [0.2, 0.25) is 5.91 Å². The van der Waals surface area contributed by atoms with E-state index in [1.165, 1.54) is 19.3 Å². The van der Waals surface area contributed by atoms with Crippen LogP contribution in [0.4, 0.5) is 0 Å². The molecule has 4 saturated carbocycles. The Labute approximate surface area is 120 Å².